The van der Waals surface area contributed by atoms with E-state index >= 15 is 0 Å². The first kappa shape index (κ1) is 26.0. The van der Waals surface area contributed by atoms with Crippen LogP contribution in [-0.4, -0.2) is 46.0 Å². The second kappa shape index (κ2) is 10.3. The maximum absolute atomic E-state index is 11.9. The number of allylic oxidation sites excluding steroid dienone is 1. The first-order valence-corrected chi connectivity index (χ1v) is 13.9. The molecule has 3 fully saturated rings. The van der Waals surface area contributed by atoms with Crippen molar-refractivity contribution in [3.63, 3.8) is 0 Å². The molecule has 8 heteroatoms. The predicted molar refractivity (Wildman–Crippen MR) is 138 cm³/mol. The smallest absolute Gasteiger partial charge is 0.302 e. The summed E-state index contributed by atoms with van der Waals surface area (Å²) in [5.41, 5.74) is 2.36. The van der Waals surface area contributed by atoms with E-state index in [1.54, 1.807) is 6.20 Å². The standard InChI is InChI=1S/C29H41N3O5/c1-19(33)36-22-8-10-28(3)21(16-22)17-25(31-35-15-5-13-32-14-12-30-18-32)27-23-6-7-26(37-20(2)34)29(23,4)11-9-24(27)28/h12,14,17-18,22-24,26-27H,5-11,13,15-16H2,1-4H3/b31-25+/t22-,23?,24?,26-,27?,28-,29-/m0/s1. The minimum absolute atomic E-state index is 0.0359. The number of imidazole rings is 1. The Labute approximate surface area is 219 Å². The fraction of sp³-hybridized carbons (Fsp3) is 0.724. The normalized spacial score (nSPS) is 37.7. The zero-order valence-electron chi connectivity index (χ0n) is 22.7. The molecule has 4 aliphatic carbocycles. The van der Waals surface area contributed by atoms with Gasteiger partial charge in [0.05, 0.1) is 12.0 Å². The number of aryl methyl sites for hydroxylation is 1. The van der Waals surface area contributed by atoms with Crippen molar-refractivity contribution in [3.8, 4) is 0 Å². The van der Waals surface area contributed by atoms with Gasteiger partial charge < -0.3 is 18.9 Å². The highest BCUT2D eigenvalue weighted by Crippen LogP contribution is 2.64. The van der Waals surface area contributed by atoms with E-state index in [0.717, 1.165) is 63.6 Å². The number of rotatable bonds is 7. The molecule has 7 atom stereocenters. The van der Waals surface area contributed by atoms with E-state index in [-0.39, 0.29) is 40.9 Å². The summed E-state index contributed by atoms with van der Waals surface area (Å²) in [5, 5.41) is 4.77. The Kier molecular flexibility index (Phi) is 7.20. The van der Waals surface area contributed by atoms with Crippen molar-refractivity contribution in [3.05, 3.63) is 30.4 Å². The van der Waals surface area contributed by atoms with Crippen molar-refractivity contribution in [2.75, 3.05) is 6.61 Å². The van der Waals surface area contributed by atoms with E-state index in [1.165, 1.54) is 19.4 Å². The topological polar surface area (TPSA) is 92.0 Å². The molecule has 0 aromatic carbocycles. The maximum Gasteiger partial charge on any atom is 0.302 e. The summed E-state index contributed by atoms with van der Waals surface area (Å²) in [5.74, 6) is 0.713. The molecule has 1 aromatic heterocycles. The van der Waals surface area contributed by atoms with Gasteiger partial charge in [0.1, 0.15) is 18.8 Å². The SMILES string of the molecule is CC(=O)O[C@H]1CC[C@@]2(C)C(=C/C(=N\OCCCn3ccnc3)C3C2CC[C@@]2(C)C3CC[C@@H]2OC(C)=O)C1. The molecule has 3 unspecified atom stereocenters. The Morgan fingerprint density at radius 2 is 1.89 bits per heavy atom. The number of ether oxygens (including phenoxy) is 2. The van der Waals surface area contributed by atoms with E-state index < -0.39 is 0 Å². The van der Waals surface area contributed by atoms with Crippen LogP contribution in [0.1, 0.15) is 79.1 Å². The van der Waals surface area contributed by atoms with Crippen LogP contribution in [0.3, 0.4) is 0 Å². The third-order valence-corrected chi connectivity index (χ3v) is 9.85. The van der Waals surface area contributed by atoms with Gasteiger partial charge >= 0.3 is 11.9 Å². The van der Waals surface area contributed by atoms with Crippen molar-refractivity contribution in [2.24, 2.45) is 33.7 Å². The number of esters is 2. The van der Waals surface area contributed by atoms with E-state index in [0.29, 0.717) is 18.4 Å². The number of fused-ring (bicyclic) bond motifs is 5. The molecule has 0 amide bonds. The van der Waals surface area contributed by atoms with Crippen LogP contribution in [-0.2, 0) is 30.4 Å². The largest absolute Gasteiger partial charge is 0.462 e. The van der Waals surface area contributed by atoms with Gasteiger partial charge in [-0.3, -0.25) is 9.59 Å². The second-order valence-electron chi connectivity index (χ2n) is 12.0. The number of carbonyl (C=O) groups excluding carboxylic acids is 2. The van der Waals surface area contributed by atoms with E-state index in [4.69, 9.17) is 19.5 Å². The minimum atomic E-state index is -0.214. The summed E-state index contributed by atoms with van der Waals surface area (Å²) >= 11 is 0. The Balaban J connectivity index is 1.41. The molecule has 0 aliphatic heterocycles. The van der Waals surface area contributed by atoms with Crippen molar-refractivity contribution in [1.82, 2.24) is 9.55 Å². The molecule has 0 saturated heterocycles. The lowest BCUT2D eigenvalue weighted by Crippen LogP contribution is -2.54. The van der Waals surface area contributed by atoms with Crippen LogP contribution in [0.15, 0.2) is 35.5 Å². The Hall–Kier alpha value is -2.64. The Morgan fingerprint density at radius 1 is 1.08 bits per heavy atom. The van der Waals surface area contributed by atoms with Gasteiger partial charge in [0.25, 0.3) is 0 Å². The second-order valence-corrected chi connectivity index (χ2v) is 12.0. The van der Waals surface area contributed by atoms with E-state index in [1.807, 2.05) is 17.1 Å². The number of hydrogen-bond acceptors (Lipinski definition) is 7. The molecule has 0 radical (unpaired) electrons. The first-order chi connectivity index (χ1) is 17.7. The molecule has 4 aliphatic rings. The average molecular weight is 512 g/mol. The van der Waals surface area contributed by atoms with Gasteiger partial charge in [-0.05, 0) is 61.9 Å². The summed E-state index contributed by atoms with van der Waals surface area (Å²) < 4.78 is 13.5. The molecule has 3 saturated carbocycles. The molecule has 0 bridgehead atoms. The monoisotopic (exact) mass is 511 g/mol. The van der Waals surface area contributed by atoms with Crippen LogP contribution in [0.2, 0.25) is 0 Å². The molecular weight excluding hydrogens is 470 g/mol. The third kappa shape index (κ3) is 4.96. The lowest BCUT2D eigenvalue weighted by Gasteiger charge is -2.57. The van der Waals surface area contributed by atoms with Crippen LogP contribution >= 0.6 is 0 Å². The highest BCUT2D eigenvalue weighted by atomic mass is 16.6. The summed E-state index contributed by atoms with van der Waals surface area (Å²) in [6, 6.07) is 0. The van der Waals surface area contributed by atoms with Gasteiger partial charge in [-0.25, -0.2) is 4.98 Å². The molecule has 37 heavy (non-hydrogen) atoms. The van der Waals surface area contributed by atoms with Crippen LogP contribution < -0.4 is 0 Å². The first-order valence-electron chi connectivity index (χ1n) is 13.9. The number of oxime groups is 1. The molecule has 1 heterocycles. The van der Waals surface area contributed by atoms with Crippen molar-refractivity contribution in [2.45, 2.75) is 97.8 Å². The van der Waals surface area contributed by atoms with Gasteiger partial charge in [-0.2, -0.15) is 0 Å². The van der Waals surface area contributed by atoms with Gasteiger partial charge in [-0.15, -0.1) is 0 Å². The molecular formula is C29H41N3O5. The highest BCUT2D eigenvalue weighted by molar-refractivity contribution is 5.99. The highest BCUT2D eigenvalue weighted by Gasteiger charge is 2.61. The number of aromatic nitrogens is 2. The van der Waals surface area contributed by atoms with Gasteiger partial charge in [0.15, 0.2) is 0 Å². The van der Waals surface area contributed by atoms with Crippen LogP contribution in [0.5, 0.6) is 0 Å². The van der Waals surface area contributed by atoms with Crippen molar-refractivity contribution < 1.29 is 23.9 Å². The van der Waals surface area contributed by atoms with Crippen molar-refractivity contribution >= 4 is 17.7 Å². The lowest BCUT2D eigenvalue weighted by molar-refractivity contribution is -0.155. The molecule has 0 spiro atoms. The summed E-state index contributed by atoms with van der Waals surface area (Å²) in [6.07, 6.45) is 15.3. The third-order valence-electron chi connectivity index (χ3n) is 9.85. The van der Waals surface area contributed by atoms with Crippen LogP contribution in [0.25, 0.3) is 0 Å². The Bertz CT molecular complexity index is 1070. The van der Waals surface area contributed by atoms with E-state index in [2.05, 4.69) is 24.9 Å². The number of carbonyl (C=O) groups is 2. The molecule has 0 N–H and O–H groups in total. The lowest BCUT2D eigenvalue weighted by atomic mass is 9.47. The van der Waals surface area contributed by atoms with Gasteiger partial charge in [-0.1, -0.05) is 24.6 Å². The zero-order chi connectivity index (χ0) is 26.2. The van der Waals surface area contributed by atoms with Gasteiger partial charge in [0, 0.05) is 57.0 Å². The predicted octanol–water partition coefficient (Wildman–Crippen LogP) is 5.08. The molecule has 202 valence electrons. The number of hydrogen-bond donors (Lipinski definition) is 0. The maximum atomic E-state index is 11.9. The average Bonchev–Trinajstić information content (AvgIpc) is 3.47. The summed E-state index contributed by atoms with van der Waals surface area (Å²) in [4.78, 5) is 33.6. The Morgan fingerprint density at radius 3 is 2.62 bits per heavy atom. The summed E-state index contributed by atoms with van der Waals surface area (Å²) in [6.45, 7) is 9.11. The summed E-state index contributed by atoms with van der Waals surface area (Å²) in [7, 11) is 0. The quantitative estimate of drug-likeness (QED) is 0.288. The minimum Gasteiger partial charge on any atom is -0.462 e. The van der Waals surface area contributed by atoms with Crippen LogP contribution in [0, 0.1) is 28.6 Å². The fourth-order valence-electron chi connectivity index (χ4n) is 8.01. The van der Waals surface area contributed by atoms with Crippen LogP contribution in [0.4, 0.5) is 0 Å². The molecule has 8 nitrogen and oxygen atoms in total. The molecule has 1 aromatic rings. The van der Waals surface area contributed by atoms with Crippen molar-refractivity contribution in [1.29, 1.82) is 0 Å². The molecule has 5 rings (SSSR count). The van der Waals surface area contributed by atoms with Gasteiger partial charge in [0.2, 0.25) is 0 Å². The number of nitrogens with zero attached hydrogens (tertiary/aromatic N) is 3. The zero-order valence-corrected chi connectivity index (χ0v) is 22.7. The fourth-order valence-corrected chi connectivity index (χ4v) is 8.01. The van der Waals surface area contributed by atoms with E-state index in [9.17, 15) is 9.59 Å².